The van der Waals surface area contributed by atoms with Gasteiger partial charge in [0.05, 0.1) is 12.2 Å². The van der Waals surface area contributed by atoms with E-state index in [-0.39, 0.29) is 23.0 Å². The Labute approximate surface area is 257 Å². The Kier molecular flexibility index (Phi) is 13.5. The van der Waals surface area contributed by atoms with Gasteiger partial charge in [0.2, 0.25) is 0 Å². The molecule has 0 aromatic rings. The van der Waals surface area contributed by atoms with Gasteiger partial charge in [-0.1, -0.05) is 152 Å². The van der Waals surface area contributed by atoms with E-state index in [4.69, 9.17) is 0 Å². The Morgan fingerprint density at radius 2 is 1.21 bits per heavy atom. The van der Waals surface area contributed by atoms with Gasteiger partial charge in [-0.3, -0.25) is 0 Å². The average molecular weight is 569 g/mol. The first-order valence-electron chi connectivity index (χ1n) is 15.4. The lowest BCUT2D eigenvalue weighted by atomic mass is 9.67. The van der Waals surface area contributed by atoms with Gasteiger partial charge in [0, 0.05) is 5.92 Å². The fourth-order valence-corrected chi connectivity index (χ4v) is 6.14. The summed E-state index contributed by atoms with van der Waals surface area (Å²) in [6, 6.07) is 0. The predicted molar refractivity (Wildman–Crippen MR) is 184 cm³/mol. The molecule has 0 aromatic heterocycles. The van der Waals surface area contributed by atoms with Gasteiger partial charge in [-0.2, -0.15) is 0 Å². The third kappa shape index (κ3) is 11.7. The number of aliphatic hydroxyl groups excluding tert-OH is 2. The van der Waals surface area contributed by atoms with Crippen molar-refractivity contribution in [2.24, 2.45) is 16.7 Å². The predicted octanol–water partition coefficient (Wildman–Crippen LogP) is 10.4. The molecule has 0 unspecified atom stereocenters. The van der Waals surface area contributed by atoms with Gasteiger partial charge in [0.25, 0.3) is 0 Å². The topological polar surface area (TPSA) is 40.5 Å². The van der Waals surface area contributed by atoms with Gasteiger partial charge in [0.15, 0.2) is 0 Å². The molecule has 0 amide bonds. The van der Waals surface area contributed by atoms with E-state index < -0.39 is 0 Å². The summed E-state index contributed by atoms with van der Waals surface area (Å²) in [7, 11) is 0. The van der Waals surface area contributed by atoms with Crippen LogP contribution in [-0.4, -0.2) is 22.4 Å². The molecule has 0 aliphatic heterocycles. The largest absolute Gasteiger partial charge is 0.393 e. The molecule has 2 aliphatic carbocycles. The number of rotatable bonds is 10. The van der Waals surface area contributed by atoms with E-state index in [1.54, 1.807) is 0 Å². The maximum Gasteiger partial charge on any atom is 0.0729 e. The fraction of sp³-hybridized carbons (Fsp3) is 0.450. The lowest BCUT2D eigenvalue weighted by Gasteiger charge is -2.38. The molecule has 0 bridgehead atoms. The monoisotopic (exact) mass is 568 g/mol. The summed E-state index contributed by atoms with van der Waals surface area (Å²) in [6.07, 6.45) is 33.8. The Morgan fingerprint density at radius 3 is 1.74 bits per heavy atom. The molecule has 0 saturated carbocycles. The van der Waals surface area contributed by atoms with E-state index in [1.807, 2.05) is 6.08 Å². The summed E-state index contributed by atoms with van der Waals surface area (Å²) in [4.78, 5) is 0. The molecule has 42 heavy (non-hydrogen) atoms. The molecule has 2 aliphatic rings. The van der Waals surface area contributed by atoms with E-state index >= 15 is 0 Å². The van der Waals surface area contributed by atoms with Crippen molar-refractivity contribution in [2.45, 2.75) is 101 Å². The Hall–Kier alpha value is -2.94. The van der Waals surface area contributed by atoms with Gasteiger partial charge in [-0.05, 0) is 77.2 Å². The van der Waals surface area contributed by atoms with Crippen LogP contribution in [0.5, 0.6) is 0 Å². The van der Waals surface area contributed by atoms with Gasteiger partial charge in [0.1, 0.15) is 0 Å². The van der Waals surface area contributed by atoms with Crippen LogP contribution >= 0.6 is 0 Å². The third-order valence-corrected chi connectivity index (χ3v) is 8.33. The van der Waals surface area contributed by atoms with Crippen LogP contribution in [-0.2, 0) is 0 Å². The van der Waals surface area contributed by atoms with Gasteiger partial charge in [-0.15, -0.1) is 0 Å². The Morgan fingerprint density at radius 1 is 0.714 bits per heavy atom. The van der Waals surface area contributed by atoms with Gasteiger partial charge >= 0.3 is 0 Å². The SMILES string of the molecule is CC1=C[C@@H](O)CC(C)(C)[C@H]1/C=C/C(C)=C/C=C/C(C)=C/C=C/C=C(C)\C=C\C=C(C)\C=C\C1=C(C)C[C@@H](O)CC1(C)C. The second kappa shape index (κ2) is 16.1. The van der Waals surface area contributed by atoms with Crippen molar-refractivity contribution in [2.75, 3.05) is 0 Å². The molecule has 3 atom stereocenters. The zero-order valence-corrected chi connectivity index (χ0v) is 27.9. The highest BCUT2D eigenvalue weighted by molar-refractivity contribution is 5.38. The molecule has 0 radical (unpaired) electrons. The number of aliphatic hydroxyl groups is 2. The molecule has 0 saturated heterocycles. The molecular formula is C40H56O2. The van der Waals surface area contributed by atoms with Crippen LogP contribution in [0.25, 0.3) is 0 Å². The summed E-state index contributed by atoms with van der Waals surface area (Å²) >= 11 is 0. The summed E-state index contributed by atoms with van der Waals surface area (Å²) in [5.41, 5.74) is 8.73. The van der Waals surface area contributed by atoms with Crippen molar-refractivity contribution in [3.63, 3.8) is 0 Å². The molecule has 0 aromatic carbocycles. The first-order valence-corrected chi connectivity index (χ1v) is 15.4. The van der Waals surface area contributed by atoms with Crippen LogP contribution in [0, 0.1) is 16.7 Å². The van der Waals surface area contributed by atoms with Crippen LogP contribution in [0.1, 0.15) is 88.5 Å². The van der Waals surface area contributed by atoms with E-state index in [0.29, 0.717) is 5.92 Å². The van der Waals surface area contributed by atoms with Crippen molar-refractivity contribution in [1.82, 2.24) is 0 Å². The Balaban J connectivity index is 1.90. The maximum absolute atomic E-state index is 10.1. The fourth-order valence-electron chi connectivity index (χ4n) is 6.14. The van der Waals surface area contributed by atoms with Crippen molar-refractivity contribution < 1.29 is 10.2 Å². The first kappa shape index (κ1) is 35.3. The molecule has 0 heterocycles. The maximum atomic E-state index is 10.1. The highest BCUT2D eigenvalue weighted by atomic mass is 16.3. The summed E-state index contributed by atoms with van der Waals surface area (Å²) in [5.74, 6) is 0.348. The molecule has 2 rings (SSSR count). The van der Waals surface area contributed by atoms with E-state index in [1.165, 1.54) is 39.0 Å². The minimum absolute atomic E-state index is 0.00528. The van der Waals surface area contributed by atoms with Gasteiger partial charge in [-0.25, -0.2) is 0 Å². The number of allylic oxidation sites excluding steroid dienone is 20. The smallest absolute Gasteiger partial charge is 0.0729 e. The second-order valence-electron chi connectivity index (χ2n) is 13.7. The van der Waals surface area contributed by atoms with Crippen molar-refractivity contribution in [3.05, 3.63) is 130 Å². The summed E-state index contributed by atoms with van der Waals surface area (Å²) in [5, 5.41) is 20.2. The Bertz CT molecular complexity index is 1270. The standard InChI is InChI=1S/C40H56O2/c1-29(17-13-19-31(3)21-23-37-33(5)25-35(41)27-39(37,7)8)15-11-12-16-30(2)18-14-20-32(4)22-24-38-34(6)26-36(42)28-40(38,9)10/h11-25,35-37,41-42H,26-28H2,1-10H3/b12-11+,17-13+,18-14+,23-21+,24-22+,29-15+,30-16-,31-19+,32-20+/t35-,36-,37+/m1/s1. The molecule has 2 nitrogen and oxygen atoms in total. The summed E-state index contributed by atoms with van der Waals surface area (Å²) in [6.45, 7) is 21.6. The van der Waals surface area contributed by atoms with Crippen LogP contribution in [0.4, 0.5) is 0 Å². The molecule has 2 N–H and O–H groups in total. The minimum atomic E-state index is -0.331. The van der Waals surface area contributed by atoms with Crippen molar-refractivity contribution in [3.8, 4) is 0 Å². The second-order valence-corrected chi connectivity index (χ2v) is 13.7. The zero-order chi connectivity index (χ0) is 31.5. The number of hydrogen-bond acceptors (Lipinski definition) is 2. The molecule has 2 heteroatoms. The minimum Gasteiger partial charge on any atom is -0.393 e. The summed E-state index contributed by atoms with van der Waals surface area (Å²) < 4.78 is 0. The highest BCUT2D eigenvalue weighted by Gasteiger charge is 2.34. The van der Waals surface area contributed by atoms with E-state index in [2.05, 4.69) is 154 Å². The van der Waals surface area contributed by atoms with Crippen LogP contribution < -0.4 is 0 Å². The normalized spacial score (nSPS) is 26.6. The third-order valence-electron chi connectivity index (χ3n) is 8.33. The lowest BCUT2D eigenvalue weighted by molar-refractivity contribution is 0.116. The number of hydrogen-bond donors (Lipinski definition) is 2. The van der Waals surface area contributed by atoms with Crippen molar-refractivity contribution >= 4 is 0 Å². The van der Waals surface area contributed by atoms with Crippen LogP contribution in [0.2, 0.25) is 0 Å². The average Bonchev–Trinajstić information content (AvgIpc) is 2.84. The van der Waals surface area contributed by atoms with Gasteiger partial charge < -0.3 is 10.2 Å². The zero-order valence-electron chi connectivity index (χ0n) is 27.9. The first-order chi connectivity index (χ1) is 19.6. The van der Waals surface area contributed by atoms with E-state index in [9.17, 15) is 10.2 Å². The molecule has 0 fully saturated rings. The quantitative estimate of drug-likeness (QED) is 0.203. The molecule has 228 valence electrons. The van der Waals surface area contributed by atoms with E-state index in [0.717, 1.165) is 19.3 Å². The highest BCUT2D eigenvalue weighted by Crippen LogP contribution is 2.42. The molecular weight excluding hydrogens is 512 g/mol. The van der Waals surface area contributed by atoms with Crippen molar-refractivity contribution in [1.29, 1.82) is 0 Å². The van der Waals surface area contributed by atoms with Crippen LogP contribution in [0.15, 0.2) is 130 Å². The molecule has 0 spiro atoms. The van der Waals surface area contributed by atoms with Crippen LogP contribution in [0.3, 0.4) is 0 Å². The lowest BCUT2D eigenvalue weighted by Crippen LogP contribution is -2.32.